The van der Waals surface area contributed by atoms with E-state index in [2.05, 4.69) is 28.1 Å². The van der Waals surface area contributed by atoms with Gasteiger partial charge in [0.2, 0.25) is 0 Å². The van der Waals surface area contributed by atoms with Crippen LogP contribution in [-0.4, -0.2) is 11.2 Å². The minimum absolute atomic E-state index is 0.817. The van der Waals surface area contributed by atoms with E-state index in [9.17, 15) is 0 Å². The second-order valence-electron chi connectivity index (χ2n) is 2.52. The third-order valence-corrected chi connectivity index (χ3v) is 2.15. The average Bonchev–Trinajstić information content (AvgIpc) is 2.03. The molecule has 0 bridgehead atoms. The molecule has 0 heterocycles. The van der Waals surface area contributed by atoms with Gasteiger partial charge in [0.1, 0.15) is 0 Å². The van der Waals surface area contributed by atoms with Crippen LogP contribution >= 0.6 is 27.5 Å². The molecule has 0 unspecified atom stereocenters. The van der Waals surface area contributed by atoms with Gasteiger partial charge in [-0.1, -0.05) is 40.9 Å². The standard InChI is InChI=1S/C9H16BrCl/c10-8-6-4-2-1-3-5-7-9-11/h4,6H,1-3,5,7-9H2/b6-4+. The predicted octanol–water partition coefficient (Wildman–Crippen LogP) is 4.13. The molecule has 0 spiro atoms. The summed E-state index contributed by atoms with van der Waals surface area (Å²) < 4.78 is 0. The van der Waals surface area contributed by atoms with Crippen LogP contribution in [0.1, 0.15) is 32.1 Å². The Hall–Kier alpha value is 0.510. The number of hydrogen-bond donors (Lipinski definition) is 0. The van der Waals surface area contributed by atoms with E-state index in [0.29, 0.717) is 0 Å². The van der Waals surface area contributed by atoms with E-state index in [1.165, 1.54) is 32.1 Å². The molecule has 11 heavy (non-hydrogen) atoms. The van der Waals surface area contributed by atoms with Gasteiger partial charge >= 0.3 is 0 Å². The molecular formula is C9H16BrCl. The quantitative estimate of drug-likeness (QED) is 0.356. The van der Waals surface area contributed by atoms with Crippen molar-refractivity contribution in [1.29, 1.82) is 0 Å². The lowest BCUT2D eigenvalue weighted by molar-refractivity contribution is 0.677. The van der Waals surface area contributed by atoms with E-state index >= 15 is 0 Å². The average molecular weight is 240 g/mol. The van der Waals surface area contributed by atoms with E-state index in [4.69, 9.17) is 11.6 Å². The first-order chi connectivity index (χ1) is 5.41. The van der Waals surface area contributed by atoms with Gasteiger partial charge in [-0.05, 0) is 19.3 Å². The fourth-order valence-corrected chi connectivity index (χ4v) is 1.34. The lowest BCUT2D eigenvalue weighted by atomic mass is 10.1. The highest BCUT2D eigenvalue weighted by Gasteiger charge is 1.86. The van der Waals surface area contributed by atoms with Crippen LogP contribution in [0.2, 0.25) is 0 Å². The van der Waals surface area contributed by atoms with Crippen LogP contribution in [0.15, 0.2) is 12.2 Å². The van der Waals surface area contributed by atoms with Crippen LogP contribution in [0.3, 0.4) is 0 Å². The van der Waals surface area contributed by atoms with Gasteiger partial charge in [0.15, 0.2) is 0 Å². The van der Waals surface area contributed by atoms with Gasteiger partial charge in [-0.25, -0.2) is 0 Å². The summed E-state index contributed by atoms with van der Waals surface area (Å²) in [5.74, 6) is 0.817. The van der Waals surface area contributed by atoms with Crippen molar-refractivity contribution in [1.82, 2.24) is 0 Å². The molecule has 0 aliphatic heterocycles. The van der Waals surface area contributed by atoms with Gasteiger partial charge in [-0.2, -0.15) is 0 Å². The Morgan fingerprint density at radius 2 is 1.73 bits per heavy atom. The van der Waals surface area contributed by atoms with Gasteiger partial charge in [-0.15, -0.1) is 11.6 Å². The van der Waals surface area contributed by atoms with Gasteiger partial charge in [-0.3, -0.25) is 0 Å². The lowest BCUT2D eigenvalue weighted by Gasteiger charge is -1.94. The largest absolute Gasteiger partial charge is 0.127 e. The predicted molar refractivity (Wildman–Crippen MR) is 56.7 cm³/mol. The number of unbranched alkanes of at least 4 members (excludes halogenated alkanes) is 4. The maximum absolute atomic E-state index is 5.54. The summed E-state index contributed by atoms with van der Waals surface area (Å²) in [4.78, 5) is 0. The summed E-state index contributed by atoms with van der Waals surface area (Å²) in [6, 6.07) is 0. The second kappa shape index (κ2) is 10.5. The van der Waals surface area contributed by atoms with Crippen LogP contribution in [0.25, 0.3) is 0 Å². The summed E-state index contributed by atoms with van der Waals surface area (Å²) in [7, 11) is 0. The van der Waals surface area contributed by atoms with E-state index in [-0.39, 0.29) is 0 Å². The molecule has 66 valence electrons. The normalized spacial score (nSPS) is 11.1. The van der Waals surface area contributed by atoms with Crippen LogP contribution in [0.5, 0.6) is 0 Å². The Labute approximate surface area is 83.1 Å². The van der Waals surface area contributed by atoms with E-state index in [0.717, 1.165) is 11.2 Å². The molecule has 0 atom stereocenters. The Balaban J connectivity index is 2.85. The highest BCUT2D eigenvalue weighted by atomic mass is 79.9. The highest BCUT2D eigenvalue weighted by molar-refractivity contribution is 9.09. The van der Waals surface area contributed by atoms with Crippen LogP contribution < -0.4 is 0 Å². The zero-order valence-electron chi connectivity index (χ0n) is 6.86. The molecule has 0 saturated heterocycles. The monoisotopic (exact) mass is 238 g/mol. The minimum atomic E-state index is 0.817. The van der Waals surface area contributed by atoms with Crippen molar-refractivity contribution < 1.29 is 0 Å². The van der Waals surface area contributed by atoms with Crippen molar-refractivity contribution in [2.75, 3.05) is 11.2 Å². The van der Waals surface area contributed by atoms with Gasteiger partial charge in [0, 0.05) is 11.2 Å². The first-order valence-corrected chi connectivity index (χ1v) is 5.84. The molecule has 0 aliphatic rings. The number of allylic oxidation sites excluding steroid dienone is 2. The van der Waals surface area contributed by atoms with E-state index in [1.807, 2.05) is 0 Å². The van der Waals surface area contributed by atoms with Crippen molar-refractivity contribution in [2.24, 2.45) is 0 Å². The van der Waals surface area contributed by atoms with Crippen LogP contribution in [0.4, 0.5) is 0 Å². The first kappa shape index (κ1) is 11.5. The van der Waals surface area contributed by atoms with Gasteiger partial charge in [0.05, 0.1) is 0 Å². The second-order valence-corrected chi connectivity index (χ2v) is 3.54. The number of alkyl halides is 2. The molecule has 0 nitrogen and oxygen atoms in total. The molecule has 0 amide bonds. The topological polar surface area (TPSA) is 0 Å². The fraction of sp³-hybridized carbons (Fsp3) is 0.778. The Kier molecular flexibility index (Phi) is 11.0. The fourth-order valence-electron chi connectivity index (χ4n) is 0.891. The Bertz CT molecular complexity index is 91.6. The van der Waals surface area contributed by atoms with Crippen molar-refractivity contribution >= 4 is 27.5 Å². The number of rotatable bonds is 7. The van der Waals surface area contributed by atoms with Crippen molar-refractivity contribution in [3.05, 3.63) is 12.2 Å². The summed E-state index contributed by atoms with van der Waals surface area (Å²) in [6.07, 6.45) is 10.7. The molecule has 0 rings (SSSR count). The van der Waals surface area contributed by atoms with Gasteiger partial charge in [0.25, 0.3) is 0 Å². The molecular weight excluding hydrogens is 223 g/mol. The zero-order chi connectivity index (χ0) is 8.36. The highest BCUT2D eigenvalue weighted by Crippen LogP contribution is 2.04. The maximum Gasteiger partial charge on any atom is 0.0223 e. The zero-order valence-corrected chi connectivity index (χ0v) is 9.20. The van der Waals surface area contributed by atoms with Crippen molar-refractivity contribution in [3.8, 4) is 0 Å². The maximum atomic E-state index is 5.54. The summed E-state index contributed by atoms with van der Waals surface area (Å²) in [6.45, 7) is 0. The summed E-state index contributed by atoms with van der Waals surface area (Å²) in [5.41, 5.74) is 0. The smallest absolute Gasteiger partial charge is 0.0223 e. The third kappa shape index (κ3) is 10.5. The minimum Gasteiger partial charge on any atom is -0.127 e. The summed E-state index contributed by atoms with van der Waals surface area (Å²) >= 11 is 8.88. The molecule has 0 saturated carbocycles. The number of hydrogen-bond acceptors (Lipinski definition) is 0. The number of halogens is 2. The molecule has 0 aromatic heterocycles. The van der Waals surface area contributed by atoms with E-state index in [1.54, 1.807) is 0 Å². The molecule has 0 aromatic rings. The first-order valence-electron chi connectivity index (χ1n) is 4.18. The molecule has 0 fully saturated rings. The molecule has 2 heteroatoms. The lowest BCUT2D eigenvalue weighted by Crippen LogP contribution is -1.77. The van der Waals surface area contributed by atoms with E-state index < -0.39 is 0 Å². The Morgan fingerprint density at radius 3 is 2.36 bits per heavy atom. The summed E-state index contributed by atoms with van der Waals surface area (Å²) in [5, 5.41) is 0.981. The van der Waals surface area contributed by atoms with Crippen molar-refractivity contribution in [2.45, 2.75) is 32.1 Å². The third-order valence-electron chi connectivity index (χ3n) is 1.51. The SMILES string of the molecule is ClCCCCCC/C=C/CBr. The molecule has 0 aliphatic carbocycles. The van der Waals surface area contributed by atoms with Gasteiger partial charge < -0.3 is 0 Å². The molecule has 0 radical (unpaired) electrons. The van der Waals surface area contributed by atoms with Crippen LogP contribution in [0, 0.1) is 0 Å². The van der Waals surface area contributed by atoms with Crippen molar-refractivity contribution in [3.63, 3.8) is 0 Å². The molecule has 0 N–H and O–H groups in total. The molecule has 0 aromatic carbocycles. The Morgan fingerprint density at radius 1 is 1.00 bits per heavy atom. The van der Waals surface area contributed by atoms with Crippen LogP contribution in [-0.2, 0) is 0 Å².